The molecule has 1 amide bonds. The van der Waals surface area contributed by atoms with Crippen LogP contribution in [0.3, 0.4) is 0 Å². The molecular formula is C10H19NO4Si. The van der Waals surface area contributed by atoms with E-state index in [0.717, 1.165) is 6.04 Å². The van der Waals surface area contributed by atoms with Gasteiger partial charge in [-0.25, -0.2) is 9.59 Å². The molecule has 1 fully saturated rings. The second kappa shape index (κ2) is 4.45. The Morgan fingerprint density at radius 1 is 1.38 bits per heavy atom. The first kappa shape index (κ1) is 13.0. The van der Waals surface area contributed by atoms with Crippen molar-refractivity contribution in [3.05, 3.63) is 0 Å². The van der Waals surface area contributed by atoms with Gasteiger partial charge >= 0.3 is 12.1 Å². The van der Waals surface area contributed by atoms with E-state index in [9.17, 15) is 9.59 Å². The predicted octanol–water partition coefficient (Wildman–Crippen LogP) is 1.67. The van der Waals surface area contributed by atoms with E-state index < -0.39 is 25.7 Å². The third kappa shape index (κ3) is 3.84. The second-order valence-electron chi connectivity index (χ2n) is 5.46. The van der Waals surface area contributed by atoms with E-state index in [1.807, 2.05) is 0 Å². The molecule has 1 saturated carbocycles. The van der Waals surface area contributed by atoms with Crippen LogP contribution in [0, 0.1) is 0 Å². The number of ether oxygens (including phenoxy) is 1. The molecule has 0 aromatic carbocycles. The highest BCUT2D eigenvalue weighted by Gasteiger charge is 2.52. The number of hydrogen-bond acceptors (Lipinski definition) is 3. The molecule has 0 saturated heterocycles. The van der Waals surface area contributed by atoms with Crippen LogP contribution in [0.2, 0.25) is 25.7 Å². The minimum absolute atomic E-state index is 0.372. The molecule has 0 atom stereocenters. The number of nitrogens with one attached hydrogen (secondary N) is 1. The van der Waals surface area contributed by atoms with Crippen LogP contribution in [0.25, 0.3) is 0 Å². The third-order valence-corrected chi connectivity index (χ3v) is 4.29. The molecule has 0 unspecified atom stereocenters. The van der Waals surface area contributed by atoms with Crippen LogP contribution in [0.1, 0.15) is 12.8 Å². The van der Waals surface area contributed by atoms with Crippen LogP contribution in [-0.4, -0.2) is 37.4 Å². The maximum absolute atomic E-state index is 11.3. The molecule has 92 valence electrons. The summed E-state index contributed by atoms with van der Waals surface area (Å²) in [6, 6.07) is 0.889. The molecule has 0 aromatic rings. The Labute approximate surface area is 96.2 Å². The molecule has 0 bridgehead atoms. The maximum atomic E-state index is 11.3. The number of aliphatic carboxylic acids is 1. The molecular weight excluding hydrogens is 226 g/mol. The van der Waals surface area contributed by atoms with Crippen LogP contribution in [0.4, 0.5) is 4.79 Å². The normalized spacial score (nSPS) is 17.7. The van der Waals surface area contributed by atoms with Crippen molar-refractivity contribution in [2.45, 2.75) is 44.1 Å². The summed E-state index contributed by atoms with van der Waals surface area (Å²) in [6.07, 6.45) is 0.370. The average molecular weight is 245 g/mol. The Balaban J connectivity index is 2.25. The first-order valence-corrected chi connectivity index (χ1v) is 9.14. The van der Waals surface area contributed by atoms with Gasteiger partial charge in [0.15, 0.2) is 0 Å². The zero-order valence-corrected chi connectivity index (χ0v) is 11.0. The fraction of sp³-hybridized carbons (Fsp3) is 0.800. The van der Waals surface area contributed by atoms with Gasteiger partial charge in [0.1, 0.15) is 5.54 Å². The van der Waals surface area contributed by atoms with Gasteiger partial charge in [-0.15, -0.1) is 0 Å². The van der Waals surface area contributed by atoms with Crippen molar-refractivity contribution >= 4 is 20.1 Å². The minimum Gasteiger partial charge on any atom is -0.480 e. The number of hydrogen-bond donors (Lipinski definition) is 2. The summed E-state index contributed by atoms with van der Waals surface area (Å²) in [6.45, 7) is 6.94. The van der Waals surface area contributed by atoms with E-state index in [1.165, 1.54) is 0 Å². The summed E-state index contributed by atoms with van der Waals surface area (Å²) in [7, 11) is -1.21. The Morgan fingerprint density at radius 3 is 2.31 bits per heavy atom. The molecule has 1 rings (SSSR count). The van der Waals surface area contributed by atoms with E-state index >= 15 is 0 Å². The van der Waals surface area contributed by atoms with Gasteiger partial charge in [-0.1, -0.05) is 19.6 Å². The summed E-state index contributed by atoms with van der Waals surface area (Å²) in [5.74, 6) is -0.977. The van der Waals surface area contributed by atoms with Gasteiger partial charge in [-0.3, -0.25) is 0 Å². The van der Waals surface area contributed by atoms with Crippen LogP contribution < -0.4 is 5.32 Å². The highest BCUT2D eigenvalue weighted by Crippen LogP contribution is 2.35. The van der Waals surface area contributed by atoms with Gasteiger partial charge in [0.2, 0.25) is 0 Å². The summed E-state index contributed by atoms with van der Waals surface area (Å²) in [5, 5.41) is 11.3. The molecule has 1 aliphatic carbocycles. The molecule has 2 N–H and O–H groups in total. The third-order valence-electron chi connectivity index (χ3n) is 2.59. The van der Waals surface area contributed by atoms with E-state index in [-0.39, 0.29) is 0 Å². The molecule has 1 aliphatic rings. The molecule has 0 aliphatic heterocycles. The van der Waals surface area contributed by atoms with Gasteiger partial charge in [-0.05, 0) is 18.9 Å². The van der Waals surface area contributed by atoms with Crippen molar-refractivity contribution in [3.8, 4) is 0 Å². The molecule has 0 aromatic heterocycles. The Morgan fingerprint density at radius 2 is 1.94 bits per heavy atom. The van der Waals surface area contributed by atoms with Crippen LogP contribution in [0.5, 0.6) is 0 Å². The maximum Gasteiger partial charge on any atom is 0.408 e. The van der Waals surface area contributed by atoms with Gasteiger partial charge in [0.25, 0.3) is 0 Å². The Kier molecular flexibility index (Phi) is 3.62. The largest absolute Gasteiger partial charge is 0.480 e. The van der Waals surface area contributed by atoms with Gasteiger partial charge in [0, 0.05) is 8.07 Å². The highest BCUT2D eigenvalue weighted by molar-refractivity contribution is 6.76. The van der Waals surface area contributed by atoms with Crippen LogP contribution in [-0.2, 0) is 9.53 Å². The van der Waals surface area contributed by atoms with Crippen molar-refractivity contribution in [1.82, 2.24) is 5.32 Å². The summed E-state index contributed by atoms with van der Waals surface area (Å²) < 4.78 is 4.97. The number of amides is 1. The zero-order valence-electron chi connectivity index (χ0n) is 10.0. The lowest BCUT2D eigenvalue weighted by Gasteiger charge is -2.17. The van der Waals surface area contributed by atoms with Crippen molar-refractivity contribution in [1.29, 1.82) is 0 Å². The summed E-state index contributed by atoms with van der Waals surface area (Å²) >= 11 is 0. The smallest absolute Gasteiger partial charge is 0.408 e. The fourth-order valence-corrected chi connectivity index (χ4v) is 1.91. The highest BCUT2D eigenvalue weighted by atomic mass is 28.3. The number of carboxylic acid groups (broad SMARTS) is 1. The Bertz CT molecular complexity index is 294. The second-order valence-corrected chi connectivity index (χ2v) is 11.1. The number of rotatable bonds is 5. The molecule has 0 radical (unpaired) electrons. The van der Waals surface area contributed by atoms with Gasteiger partial charge < -0.3 is 15.2 Å². The molecule has 6 heteroatoms. The van der Waals surface area contributed by atoms with Gasteiger partial charge in [0.05, 0.1) is 6.61 Å². The van der Waals surface area contributed by atoms with Crippen molar-refractivity contribution in [2.75, 3.05) is 6.61 Å². The van der Waals surface area contributed by atoms with Gasteiger partial charge in [-0.2, -0.15) is 0 Å². The molecule has 16 heavy (non-hydrogen) atoms. The lowest BCUT2D eigenvalue weighted by molar-refractivity contribution is -0.140. The monoisotopic (exact) mass is 245 g/mol. The standard InChI is InChI=1S/C10H19NO4Si/c1-16(2,3)7-6-15-9(14)11-10(4-5-10)8(12)13/h4-7H2,1-3H3,(H,11,14)(H,12,13). The Hall–Kier alpha value is -1.04. The number of carbonyl (C=O) groups is 2. The minimum atomic E-state index is -1.21. The van der Waals surface area contributed by atoms with E-state index in [0.29, 0.717) is 19.4 Å². The van der Waals surface area contributed by atoms with E-state index in [1.54, 1.807) is 0 Å². The number of alkyl carbamates (subject to hydrolysis) is 1. The number of carboxylic acids is 1. The lowest BCUT2D eigenvalue weighted by atomic mass is 10.3. The van der Waals surface area contributed by atoms with Crippen LogP contribution >= 0.6 is 0 Å². The summed E-state index contributed by atoms with van der Waals surface area (Å²) in [4.78, 5) is 22.1. The lowest BCUT2D eigenvalue weighted by Crippen LogP contribution is -2.43. The van der Waals surface area contributed by atoms with Crippen LogP contribution in [0.15, 0.2) is 0 Å². The van der Waals surface area contributed by atoms with Crippen molar-refractivity contribution in [3.63, 3.8) is 0 Å². The summed E-state index contributed by atoms with van der Waals surface area (Å²) in [5.41, 5.74) is -1.05. The SMILES string of the molecule is C[Si](C)(C)CCOC(=O)NC1(C(=O)O)CC1. The zero-order chi connectivity index (χ0) is 12.4. The molecule has 5 nitrogen and oxygen atoms in total. The van der Waals surface area contributed by atoms with E-state index in [4.69, 9.17) is 9.84 Å². The predicted molar refractivity (Wildman–Crippen MR) is 62.2 cm³/mol. The van der Waals surface area contributed by atoms with Crippen molar-refractivity contribution in [2.24, 2.45) is 0 Å². The fourth-order valence-electron chi connectivity index (χ4n) is 1.20. The van der Waals surface area contributed by atoms with Crippen molar-refractivity contribution < 1.29 is 19.4 Å². The first-order chi connectivity index (χ1) is 7.25. The molecule has 0 heterocycles. The first-order valence-electron chi connectivity index (χ1n) is 5.44. The molecule has 0 spiro atoms. The average Bonchev–Trinajstić information content (AvgIpc) is 2.82. The number of carbonyl (C=O) groups excluding carboxylic acids is 1. The van der Waals surface area contributed by atoms with E-state index in [2.05, 4.69) is 25.0 Å². The topological polar surface area (TPSA) is 75.6 Å². The quantitative estimate of drug-likeness (QED) is 0.722.